The van der Waals surface area contributed by atoms with E-state index in [9.17, 15) is 4.79 Å². The number of benzene rings is 1. The predicted octanol–water partition coefficient (Wildman–Crippen LogP) is 1.24. The maximum Gasteiger partial charge on any atom is 0.234 e. The van der Waals surface area contributed by atoms with Crippen molar-refractivity contribution in [2.45, 2.75) is 13.0 Å². The van der Waals surface area contributed by atoms with Gasteiger partial charge in [0.15, 0.2) is 0 Å². The van der Waals surface area contributed by atoms with Gasteiger partial charge in [-0.1, -0.05) is 23.7 Å². The number of nitrogens with one attached hydrogen (secondary N) is 1. The van der Waals surface area contributed by atoms with E-state index in [1.807, 2.05) is 24.3 Å². The van der Waals surface area contributed by atoms with E-state index in [2.05, 4.69) is 10.2 Å². The molecule has 3 N–H and O–H groups in total. The van der Waals surface area contributed by atoms with E-state index in [1.54, 1.807) is 0 Å². The van der Waals surface area contributed by atoms with Crippen molar-refractivity contribution in [2.75, 3.05) is 26.2 Å². The number of nitrogens with zero attached hydrogens (tertiary/aromatic N) is 1. The van der Waals surface area contributed by atoms with Crippen LogP contribution in [0.3, 0.4) is 0 Å². The summed E-state index contributed by atoms with van der Waals surface area (Å²) in [6.45, 7) is 3.62. The molecule has 1 atom stereocenters. The van der Waals surface area contributed by atoms with Crippen molar-refractivity contribution in [1.82, 2.24) is 10.2 Å². The average Bonchev–Trinajstić information content (AvgIpc) is 2.86. The summed E-state index contributed by atoms with van der Waals surface area (Å²) in [5, 5.41) is 3.63. The fourth-order valence-corrected chi connectivity index (χ4v) is 2.44. The van der Waals surface area contributed by atoms with E-state index in [-0.39, 0.29) is 5.91 Å². The monoisotopic (exact) mass is 281 g/mol. The van der Waals surface area contributed by atoms with Crippen LogP contribution in [0, 0.1) is 5.92 Å². The van der Waals surface area contributed by atoms with Crippen molar-refractivity contribution >= 4 is 17.5 Å². The van der Waals surface area contributed by atoms with Crippen molar-refractivity contribution in [3.8, 4) is 0 Å². The lowest BCUT2D eigenvalue weighted by Gasteiger charge is -2.15. The summed E-state index contributed by atoms with van der Waals surface area (Å²) in [6, 6.07) is 7.50. The maximum absolute atomic E-state index is 11.8. The van der Waals surface area contributed by atoms with E-state index in [0.717, 1.165) is 25.1 Å². The lowest BCUT2D eigenvalue weighted by atomic mass is 10.1. The van der Waals surface area contributed by atoms with Gasteiger partial charge in [0.2, 0.25) is 5.91 Å². The van der Waals surface area contributed by atoms with Crippen LogP contribution in [0.1, 0.15) is 12.0 Å². The van der Waals surface area contributed by atoms with Gasteiger partial charge in [0, 0.05) is 18.1 Å². The molecular weight excluding hydrogens is 262 g/mol. The first-order valence-electron chi connectivity index (χ1n) is 6.61. The fraction of sp³-hybridized carbons (Fsp3) is 0.500. The fourth-order valence-electron chi connectivity index (χ4n) is 2.31. The van der Waals surface area contributed by atoms with Gasteiger partial charge in [0.25, 0.3) is 0 Å². The number of amides is 1. The lowest BCUT2D eigenvalue weighted by molar-refractivity contribution is -0.122. The van der Waals surface area contributed by atoms with Gasteiger partial charge < -0.3 is 11.1 Å². The SMILES string of the molecule is NCC1CCN(CC(=O)NCc2ccc(Cl)cc2)C1. The van der Waals surface area contributed by atoms with Crippen molar-refractivity contribution in [3.63, 3.8) is 0 Å². The Morgan fingerprint density at radius 3 is 2.79 bits per heavy atom. The van der Waals surface area contributed by atoms with Crippen LogP contribution < -0.4 is 11.1 Å². The number of carbonyl (C=O) groups is 1. The molecule has 0 radical (unpaired) electrons. The third-order valence-electron chi connectivity index (χ3n) is 3.47. The quantitative estimate of drug-likeness (QED) is 0.854. The summed E-state index contributed by atoms with van der Waals surface area (Å²) in [6.07, 6.45) is 1.10. The Labute approximate surface area is 118 Å². The minimum atomic E-state index is 0.0626. The van der Waals surface area contributed by atoms with Gasteiger partial charge in [0.05, 0.1) is 6.54 Å². The minimum absolute atomic E-state index is 0.0626. The zero-order valence-corrected chi connectivity index (χ0v) is 11.7. The highest BCUT2D eigenvalue weighted by Gasteiger charge is 2.22. The molecule has 4 nitrogen and oxygen atoms in total. The van der Waals surface area contributed by atoms with Gasteiger partial charge in [-0.15, -0.1) is 0 Å². The van der Waals surface area contributed by atoms with Gasteiger partial charge in [-0.2, -0.15) is 0 Å². The van der Waals surface area contributed by atoms with Crippen molar-refractivity contribution in [2.24, 2.45) is 11.7 Å². The zero-order chi connectivity index (χ0) is 13.7. The summed E-state index contributed by atoms with van der Waals surface area (Å²) in [7, 11) is 0. The topological polar surface area (TPSA) is 58.4 Å². The van der Waals surface area contributed by atoms with Crippen LogP contribution in [0.25, 0.3) is 0 Å². The second kappa shape index (κ2) is 6.89. The number of carbonyl (C=O) groups excluding carboxylic acids is 1. The third-order valence-corrected chi connectivity index (χ3v) is 3.73. The summed E-state index contributed by atoms with van der Waals surface area (Å²) in [5.74, 6) is 0.608. The van der Waals surface area contributed by atoms with E-state index < -0.39 is 0 Å². The summed E-state index contributed by atoms with van der Waals surface area (Å²) in [4.78, 5) is 14.0. The summed E-state index contributed by atoms with van der Waals surface area (Å²) < 4.78 is 0. The first-order valence-corrected chi connectivity index (χ1v) is 6.98. The van der Waals surface area contributed by atoms with Crippen LogP contribution in [0.5, 0.6) is 0 Å². The highest BCUT2D eigenvalue weighted by molar-refractivity contribution is 6.30. The van der Waals surface area contributed by atoms with E-state index in [1.165, 1.54) is 0 Å². The highest BCUT2D eigenvalue weighted by Crippen LogP contribution is 2.14. The molecule has 1 aromatic rings. The van der Waals surface area contributed by atoms with Crippen LogP contribution in [0.4, 0.5) is 0 Å². The second-order valence-electron chi connectivity index (χ2n) is 5.03. The molecule has 1 amide bonds. The molecule has 1 aliphatic rings. The molecule has 0 bridgehead atoms. The Kier molecular flexibility index (Phi) is 5.19. The molecule has 1 aromatic carbocycles. The van der Waals surface area contributed by atoms with E-state index in [4.69, 9.17) is 17.3 Å². The molecule has 0 aliphatic carbocycles. The molecule has 0 saturated carbocycles. The van der Waals surface area contributed by atoms with E-state index >= 15 is 0 Å². The predicted molar refractivity (Wildman–Crippen MR) is 76.9 cm³/mol. The second-order valence-corrected chi connectivity index (χ2v) is 5.47. The van der Waals surface area contributed by atoms with Crippen LogP contribution in [-0.4, -0.2) is 37.0 Å². The normalized spacial score (nSPS) is 19.6. The number of rotatable bonds is 5. The average molecular weight is 282 g/mol. The Morgan fingerprint density at radius 2 is 2.16 bits per heavy atom. The van der Waals surface area contributed by atoms with E-state index in [0.29, 0.717) is 30.6 Å². The van der Waals surface area contributed by atoms with Crippen LogP contribution in [0.2, 0.25) is 5.02 Å². The smallest absolute Gasteiger partial charge is 0.234 e. The Morgan fingerprint density at radius 1 is 1.42 bits per heavy atom. The molecule has 0 spiro atoms. The maximum atomic E-state index is 11.8. The molecule has 2 rings (SSSR count). The largest absolute Gasteiger partial charge is 0.351 e. The number of nitrogens with two attached hydrogens (primary N) is 1. The number of halogens is 1. The minimum Gasteiger partial charge on any atom is -0.351 e. The van der Waals surface area contributed by atoms with Gasteiger partial charge in [-0.25, -0.2) is 0 Å². The summed E-state index contributed by atoms with van der Waals surface area (Å²) in [5.41, 5.74) is 6.69. The van der Waals surface area contributed by atoms with Gasteiger partial charge in [0.1, 0.15) is 0 Å². The number of likely N-dealkylation sites (tertiary alicyclic amines) is 1. The third kappa shape index (κ3) is 4.49. The molecule has 1 unspecified atom stereocenters. The Bertz CT molecular complexity index is 421. The van der Waals surface area contributed by atoms with Crippen LogP contribution in [-0.2, 0) is 11.3 Å². The molecular formula is C14H20ClN3O. The highest BCUT2D eigenvalue weighted by atomic mass is 35.5. The number of hydrogen-bond acceptors (Lipinski definition) is 3. The van der Waals surface area contributed by atoms with Gasteiger partial charge in [-0.3, -0.25) is 9.69 Å². The Hall–Kier alpha value is -1.10. The molecule has 0 aromatic heterocycles. The summed E-state index contributed by atoms with van der Waals surface area (Å²) >= 11 is 5.81. The molecule has 19 heavy (non-hydrogen) atoms. The van der Waals surface area contributed by atoms with Crippen molar-refractivity contribution in [3.05, 3.63) is 34.9 Å². The number of hydrogen-bond donors (Lipinski definition) is 2. The first-order chi connectivity index (χ1) is 9.17. The van der Waals surface area contributed by atoms with Gasteiger partial charge in [-0.05, 0) is 43.1 Å². The molecule has 1 saturated heterocycles. The van der Waals surface area contributed by atoms with Crippen LogP contribution in [0.15, 0.2) is 24.3 Å². The first kappa shape index (κ1) is 14.3. The van der Waals surface area contributed by atoms with Crippen molar-refractivity contribution in [1.29, 1.82) is 0 Å². The molecule has 1 fully saturated rings. The Balaban J connectivity index is 1.71. The van der Waals surface area contributed by atoms with Crippen molar-refractivity contribution < 1.29 is 4.79 Å². The molecule has 5 heteroatoms. The standard InChI is InChI=1S/C14H20ClN3O/c15-13-3-1-11(2-4-13)8-17-14(19)10-18-6-5-12(7-16)9-18/h1-4,12H,5-10,16H2,(H,17,19). The van der Waals surface area contributed by atoms with Crippen LogP contribution >= 0.6 is 11.6 Å². The zero-order valence-electron chi connectivity index (χ0n) is 10.9. The lowest BCUT2D eigenvalue weighted by Crippen LogP contribution is -2.36. The molecule has 1 heterocycles. The van der Waals surface area contributed by atoms with Gasteiger partial charge >= 0.3 is 0 Å². The molecule has 104 valence electrons. The molecule has 1 aliphatic heterocycles.